The molecule has 0 unspecified atom stereocenters. The highest BCUT2D eigenvalue weighted by Gasteiger charge is 2.04. The lowest BCUT2D eigenvalue weighted by molar-refractivity contribution is -0.141. The smallest absolute Gasteiger partial charge is 0.376 e. The average molecular weight is 185 g/mol. The number of benzene rings is 1. The van der Waals surface area contributed by atoms with Gasteiger partial charge in [0.25, 0.3) is 0 Å². The number of carbonyl (C=O) groups is 2. The monoisotopic (exact) mass is 184 g/mol. The van der Waals surface area contributed by atoms with Crippen molar-refractivity contribution in [1.82, 2.24) is 0 Å². The predicted octanol–water partition coefficient (Wildman–Crippen LogP) is 1.44. The third-order valence-electron chi connectivity index (χ3n) is 1.14. The Kier molecular flexibility index (Phi) is 2.82. The van der Waals surface area contributed by atoms with Gasteiger partial charge in [-0.2, -0.15) is 0 Å². The van der Waals surface area contributed by atoms with Crippen molar-refractivity contribution in [2.75, 3.05) is 0 Å². The number of rotatable bonds is 2. The molecule has 0 radical (unpaired) electrons. The summed E-state index contributed by atoms with van der Waals surface area (Å²) in [5, 5.41) is 0.299. The number of esters is 1. The van der Waals surface area contributed by atoms with Crippen molar-refractivity contribution in [3.05, 3.63) is 29.3 Å². The van der Waals surface area contributed by atoms with Gasteiger partial charge in [0.05, 0.1) is 5.02 Å². The average Bonchev–Trinajstić information content (AvgIpc) is 2.09. The summed E-state index contributed by atoms with van der Waals surface area (Å²) in [6, 6.07) is 6.42. The number of carbonyl (C=O) groups excluding carboxylic acids is 2. The topological polar surface area (TPSA) is 43.4 Å². The largest absolute Gasteiger partial charge is 0.419 e. The molecule has 0 fully saturated rings. The van der Waals surface area contributed by atoms with Gasteiger partial charge in [0.15, 0.2) is 0 Å². The first-order valence-electron chi connectivity index (χ1n) is 3.15. The maximum atomic E-state index is 10.5. The summed E-state index contributed by atoms with van der Waals surface area (Å²) in [6.45, 7) is 0. The van der Waals surface area contributed by atoms with Crippen LogP contribution in [0.5, 0.6) is 5.75 Å². The van der Waals surface area contributed by atoms with E-state index in [2.05, 4.69) is 4.74 Å². The Hall–Kier alpha value is -1.35. The predicted molar refractivity (Wildman–Crippen MR) is 43.2 cm³/mol. The molecule has 0 aliphatic carbocycles. The highest BCUT2D eigenvalue weighted by Crippen LogP contribution is 2.22. The quantitative estimate of drug-likeness (QED) is 0.302. The van der Waals surface area contributed by atoms with E-state index >= 15 is 0 Å². The summed E-state index contributed by atoms with van der Waals surface area (Å²) in [4.78, 5) is 20.4. The van der Waals surface area contributed by atoms with Crippen LogP contribution in [0.15, 0.2) is 24.3 Å². The SMILES string of the molecule is O=CC(=O)Oc1ccccc1Cl. The van der Waals surface area contributed by atoms with E-state index in [0.29, 0.717) is 5.02 Å². The lowest BCUT2D eigenvalue weighted by Gasteiger charge is -2.00. The van der Waals surface area contributed by atoms with Gasteiger partial charge < -0.3 is 4.74 Å². The number of hydrogen-bond donors (Lipinski definition) is 0. The van der Waals surface area contributed by atoms with Gasteiger partial charge in [-0.25, -0.2) is 4.79 Å². The minimum atomic E-state index is -0.955. The molecule has 0 spiro atoms. The van der Waals surface area contributed by atoms with E-state index in [0.717, 1.165) is 0 Å². The fourth-order valence-electron chi connectivity index (χ4n) is 0.660. The van der Waals surface area contributed by atoms with Gasteiger partial charge in [-0.3, -0.25) is 4.79 Å². The Bertz CT molecular complexity index is 309. The fourth-order valence-corrected chi connectivity index (χ4v) is 0.834. The van der Waals surface area contributed by atoms with Crippen molar-refractivity contribution in [2.45, 2.75) is 0 Å². The van der Waals surface area contributed by atoms with Crippen molar-refractivity contribution >= 4 is 23.9 Å². The van der Waals surface area contributed by atoms with Crippen LogP contribution in [0.4, 0.5) is 0 Å². The van der Waals surface area contributed by atoms with Crippen molar-refractivity contribution in [3.63, 3.8) is 0 Å². The van der Waals surface area contributed by atoms with Crippen LogP contribution in [0, 0.1) is 0 Å². The highest BCUT2D eigenvalue weighted by atomic mass is 35.5. The summed E-state index contributed by atoms with van der Waals surface area (Å²) in [5.74, 6) is -0.764. The summed E-state index contributed by atoms with van der Waals surface area (Å²) in [6.07, 6.45) is 0.0866. The van der Waals surface area contributed by atoms with Crippen LogP contribution in [-0.2, 0) is 9.59 Å². The number of halogens is 1. The zero-order valence-corrected chi connectivity index (χ0v) is 6.75. The first kappa shape index (κ1) is 8.74. The Morgan fingerprint density at radius 3 is 2.67 bits per heavy atom. The first-order chi connectivity index (χ1) is 5.74. The second kappa shape index (κ2) is 3.88. The Morgan fingerprint density at radius 1 is 1.42 bits per heavy atom. The van der Waals surface area contributed by atoms with Gasteiger partial charge in [0.2, 0.25) is 6.29 Å². The standard InChI is InChI=1S/C8H5ClO3/c9-6-3-1-2-4-7(6)12-8(11)5-10/h1-5H. The summed E-state index contributed by atoms with van der Waals surface area (Å²) < 4.78 is 4.56. The molecule has 1 rings (SSSR count). The zero-order chi connectivity index (χ0) is 8.97. The second-order valence-electron chi connectivity index (χ2n) is 1.97. The van der Waals surface area contributed by atoms with Gasteiger partial charge >= 0.3 is 5.97 Å². The molecule has 0 saturated carbocycles. The molecule has 0 aliphatic rings. The van der Waals surface area contributed by atoms with Gasteiger partial charge in [0.1, 0.15) is 5.75 Å². The van der Waals surface area contributed by atoms with Crippen LogP contribution >= 0.6 is 11.6 Å². The Balaban J connectivity index is 2.82. The van der Waals surface area contributed by atoms with Crippen LogP contribution in [0.25, 0.3) is 0 Å². The molecular formula is C8H5ClO3. The third-order valence-corrected chi connectivity index (χ3v) is 1.46. The Morgan fingerprint density at radius 2 is 2.08 bits per heavy atom. The van der Waals surface area contributed by atoms with E-state index in [1.165, 1.54) is 6.07 Å². The minimum absolute atomic E-state index is 0.0866. The number of hydrogen-bond acceptors (Lipinski definition) is 3. The van der Waals surface area contributed by atoms with Gasteiger partial charge in [-0.05, 0) is 12.1 Å². The fraction of sp³-hybridized carbons (Fsp3) is 0. The van der Waals surface area contributed by atoms with E-state index in [9.17, 15) is 9.59 Å². The molecule has 0 aromatic heterocycles. The molecular weight excluding hydrogens is 180 g/mol. The third kappa shape index (κ3) is 2.07. The number of para-hydroxylation sites is 1. The highest BCUT2D eigenvalue weighted by molar-refractivity contribution is 6.32. The second-order valence-corrected chi connectivity index (χ2v) is 2.38. The van der Waals surface area contributed by atoms with Crippen molar-refractivity contribution in [2.24, 2.45) is 0 Å². The zero-order valence-electron chi connectivity index (χ0n) is 5.99. The molecule has 1 aromatic carbocycles. The summed E-state index contributed by atoms with van der Waals surface area (Å²) in [5.41, 5.74) is 0. The maximum Gasteiger partial charge on any atom is 0.376 e. The van der Waals surface area contributed by atoms with E-state index in [-0.39, 0.29) is 12.0 Å². The maximum absolute atomic E-state index is 10.5. The van der Waals surface area contributed by atoms with Crippen LogP contribution < -0.4 is 4.74 Å². The molecule has 12 heavy (non-hydrogen) atoms. The summed E-state index contributed by atoms with van der Waals surface area (Å²) in [7, 11) is 0. The Labute approximate surface area is 73.9 Å². The van der Waals surface area contributed by atoms with Gasteiger partial charge in [-0.1, -0.05) is 23.7 Å². The van der Waals surface area contributed by atoms with Gasteiger partial charge in [0, 0.05) is 0 Å². The van der Waals surface area contributed by atoms with Crippen LogP contribution in [0.1, 0.15) is 0 Å². The number of ether oxygens (including phenoxy) is 1. The van der Waals surface area contributed by atoms with Crippen molar-refractivity contribution in [1.29, 1.82) is 0 Å². The molecule has 0 aliphatic heterocycles. The molecule has 3 nitrogen and oxygen atoms in total. The minimum Gasteiger partial charge on any atom is -0.419 e. The summed E-state index contributed by atoms with van der Waals surface area (Å²) >= 11 is 5.63. The van der Waals surface area contributed by atoms with Crippen LogP contribution in [0.2, 0.25) is 5.02 Å². The first-order valence-corrected chi connectivity index (χ1v) is 3.53. The van der Waals surface area contributed by atoms with E-state index in [4.69, 9.17) is 11.6 Å². The molecule has 0 N–H and O–H groups in total. The lowest BCUT2D eigenvalue weighted by atomic mass is 10.3. The van der Waals surface area contributed by atoms with Crippen molar-refractivity contribution in [3.8, 4) is 5.75 Å². The van der Waals surface area contributed by atoms with E-state index in [1.54, 1.807) is 18.2 Å². The van der Waals surface area contributed by atoms with Crippen LogP contribution in [0.3, 0.4) is 0 Å². The molecule has 1 aromatic rings. The molecule has 0 atom stereocenters. The van der Waals surface area contributed by atoms with Crippen molar-refractivity contribution < 1.29 is 14.3 Å². The molecule has 4 heteroatoms. The number of aldehydes is 1. The van der Waals surface area contributed by atoms with Crippen LogP contribution in [-0.4, -0.2) is 12.3 Å². The molecule has 0 bridgehead atoms. The lowest BCUT2D eigenvalue weighted by Crippen LogP contribution is -2.08. The molecule has 62 valence electrons. The van der Waals surface area contributed by atoms with E-state index < -0.39 is 5.97 Å². The molecule has 0 amide bonds. The normalized spacial score (nSPS) is 9.08. The van der Waals surface area contributed by atoms with Gasteiger partial charge in [-0.15, -0.1) is 0 Å². The molecule has 0 saturated heterocycles. The van der Waals surface area contributed by atoms with E-state index in [1.807, 2.05) is 0 Å². The molecule has 0 heterocycles.